The van der Waals surface area contributed by atoms with E-state index in [0.717, 1.165) is 11.1 Å². The van der Waals surface area contributed by atoms with Crippen LogP contribution in [0, 0.1) is 6.92 Å². The van der Waals surface area contributed by atoms with E-state index < -0.39 is 5.97 Å². The third-order valence-electron chi connectivity index (χ3n) is 3.33. The van der Waals surface area contributed by atoms with Crippen LogP contribution in [0.2, 0.25) is 5.02 Å². The summed E-state index contributed by atoms with van der Waals surface area (Å²) in [5.41, 5.74) is 2.43. The number of carbonyl (C=O) groups is 1. The molecule has 0 aliphatic heterocycles. The predicted molar refractivity (Wildman–Crippen MR) is 83.5 cm³/mol. The van der Waals surface area contributed by atoms with Gasteiger partial charge in [-0.05, 0) is 30.2 Å². The van der Waals surface area contributed by atoms with Gasteiger partial charge in [-0.1, -0.05) is 23.7 Å². The Bertz CT molecular complexity index is 827. The second kappa shape index (κ2) is 5.61. The van der Waals surface area contributed by atoms with Crippen molar-refractivity contribution in [1.82, 2.24) is 14.5 Å². The number of aromatic carboxylic acids is 1. The Balaban J connectivity index is 2.25. The summed E-state index contributed by atoms with van der Waals surface area (Å²) in [6.07, 6.45) is 6.34. The van der Waals surface area contributed by atoms with E-state index in [4.69, 9.17) is 11.6 Å². The Kier molecular flexibility index (Phi) is 3.65. The molecule has 1 aromatic carbocycles. The van der Waals surface area contributed by atoms with Crippen LogP contribution in [0.4, 0.5) is 0 Å². The highest BCUT2D eigenvalue weighted by molar-refractivity contribution is 6.30. The second-order valence-corrected chi connectivity index (χ2v) is 5.22. The number of hydrogen-bond acceptors (Lipinski definition) is 3. The molecule has 3 aromatic rings. The monoisotopic (exact) mass is 313 g/mol. The maximum atomic E-state index is 11.8. The number of carboxylic acid groups (broad SMARTS) is 1. The first-order valence-electron chi connectivity index (χ1n) is 6.55. The van der Waals surface area contributed by atoms with Crippen LogP contribution in [0.3, 0.4) is 0 Å². The summed E-state index contributed by atoms with van der Waals surface area (Å²) in [5.74, 6) is -0.563. The van der Waals surface area contributed by atoms with Gasteiger partial charge in [-0.25, -0.2) is 9.78 Å². The minimum absolute atomic E-state index is 0.153. The van der Waals surface area contributed by atoms with Crippen LogP contribution in [-0.4, -0.2) is 25.6 Å². The number of aryl methyl sites for hydroxylation is 1. The number of carboxylic acids is 1. The molecule has 3 rings (SSSR count). The first-order valence-corrected chi connectivity index (χ1v) is 6.93. The van der Waals surface area contributed by atoms with Crippen molar-refractivity contribution in [2.45, 2.75) is 6.92 Å². The predicted octanol–water partition coefficient (Wildman–Crippen LogP) is 3.59. The number of benzene rings is 1. The summed E-state index contributed by atoms with van der Waals surface area (Å²) in [6, 6.07) is 7.08. The zero-order valence-corrected chi connectivity index (χ0v) is 12.4. The van der Waals surface area contributed by atoms with E-state index in [1.807, 2.05) is 6.92 Å². The third-order valence-corrected chi connectivity index (χ3v) is 3.58. The van der Waals surface area contributed by atoms with E-state index in [0.29, 0.717) is 16.4 Å². The lowest BCUT2D eigenvalue weighted by Gasteiger charge is -2.07. The SMILES string of the molecule is Cc1cn(-c2cnccn2)c(C(=O)O)c1-c1ccc(Cl)cc1. The van der Waals surface area contributed by atoms with E-state index in [1.54, 1.807) is 36.7 Å². The van der Waals surface area contributed by atoms with Crippen LogP contribution in [0.1, 0.15) is 16.1 Å². The zero-order valence-electron chi connectivity index (χ0n) is 11.7. The molecule has 0 bridgehead atoms. The minimum Gasteiger partial charge on any atom is -0.477 e. The molecule has 0 spiro atoms. The highest BCUT2D eigenvalue weighted by atomic mass is 35.5. The van der Waals surface area contributed by atoms with Gasteiger partial charge < -0.3 is 5.11 Å². The van der Waals surface area contributed by atoms with Crippen molar-refractivity contribution in [3.8, 4) is 16.9 Å². The summed E-state index contributed by atoms with van der Waals surface area (Å²) >= 11 is 5.90. The Hall–Kier alpha value is -2.66. The molecule has 0 unspecified atom stereocenters. The maximum absolute atomic E-state index is 11.8. The largest absolute Gasteiger partial charge is 0.477 e. The molecule has 6 heteroatoms. The van der Waals surface area contributed by atoms with Crippen LogP contribution in [0.5, 0.6) is 0 Å². The molecule has 22 heavy (non-hydrogen) atoms. The average Bonchev–Trinajstić information content (AvgIpc) is 2.87. The summed E-state index contributed by atoms with van der Waals surface area (Å²) < 4.78 is 1.54. The molecular formula is C16H12ClN3O2. The van der Waals surface area contributed by atoms with Crippen molar-refractivity contribution in [1.29, 1.82) is 0 Å². The fourth-order valence-corrected chi connectivity index (χ4v) is 2.54. The number of nitrogens with zero attached hydrogens (tertiary/aromatic N) is 3. The fraction of sp³-hybridized carbons (Fsp3) is 0.0625. The summed E-state index contributed by atoms with van der Waals surface area (Å²) in [5, 5.41) is 10.2. The Morgan fingerprint density at radius 3 is 2.55 bits per heavy atom. The quantitative estimate of drug-likeness (QED) is 0.802. The second-order valence-electron chi connectivity index (χ2n) is 4.78. The standard InChI is InChI=1S/C16H12ClN3O2/c1-10-9-20(13-8-18-6-7-19-13)15(16(21)22)14(10)11-2-4-12(17)5-3-11/h2-9H,1H3,(H,21,22). The van der Waals surface area contributed by atoms with Crippen molar-refractivity contribution in [3.05, 3.63) is 65.3 Å². The van der Waals surface area contributed by atoms with Crippen molar-refractivity contribution < 1.29 is 9.90 Å². The molecule has 0 aliphatic rings. The van der Waals surface area contributed by atoms with Gasteiger partial charge in [-0.15, -0.1) is 0 Å². The molecule has 0 fully saturated rings. The van der Waals surface area contributed by atoms with Gasteiger partial charge in [-0.3, -0.25) is 9.55 Å². The molecule has 0 amide bonds. The highest BCUT2D eigenvalue weighted by Crippen LogP contribution is 2.31. The number of hydrogen-bond donors (Lipinski definition) is 1. The smallest absolute Gasteiger partial charge is 0.353 e. The van der Waals surface area contributed by atoms with Crippen molar-refractivity contribution in [2.75, 3.05) is 0 Å². The fourth-order valence-electron chi connectivity index (χ4n) is 2.42. The van der Waals surface area contributed by atoms with E-state index in [-0.39, 0.29) is 5.69 Å². The van der Waals surface area contributed by atoms with Gasteiger partial charge >= 0.3 is 5.97 Å². The highest BCUT2D eigenvalue weighted by Gasteiger charge is 2.22. The van der Waals surface area contributed by atoms with Gasteiger partial charge in [0, 0.05) is 29.2 Å². The zero-order chi connectivity index (χ0) is 15.7. The summed E-state index contributed by atoms with van der Waals surface area (Å²) in [4.78, 5) is 19.9. The van der Waals surface area contributed by atoms with Gasteiger partial charge in [0.05, 0.1) is 6.20 Å². The lowest BCUT2D eigenvalue weighted by Crippen LogP contribution is -2.08. The molecule has 2 heterocycles. The topological polar surface area (TPSA) is 68.0 Å². The average molecular weight is 314 g/mol. The number of rotatable bonds is 3. The molecule has 110 valence electrons. The summed E-state index contributed by atoms with van der Waals surface area (Å²) in [6.45, 7) is 1.86. The van der Waals surface area contributed by atoms with E-state index in [1.165, 1.54) is 17.0 Å². The molecule has 2 aromatic heterocycles. The molecule has 0 saturated carbocycles. The van der Waals surface area contributed by atoms with Gasteiger partial charge in [0.15, 0.2) is 5.82 Å². The van der Waals surface area contributed by atoms with Crippen LogP contribution in [0.25, 0.3) is 16.9 Å². The van der Waals surface area contributed by atoms with Gasteiger partial charge in [0.25, 0.3) is 0 Å². The lowest BCUT2D eigenvalue weighted by molar-refractivity contribution is 0.0689. The van der Waals surface area contributed by atoms with E-state index >= 15 is 0 Å². The Morgan fingerprint density at radius 2 is 1.95 bits per heavy atom. The van der Waals surface area contributed by atoms with Gasteiger partial charge in [0.2, 0.25) is 0 Å². The summed E-state index contributed by atoms with van der Waals surface area (Å²) in [7, 11) is 0. The Morgan fingerprint density at radius 1 is 1.23 bits per heavy atom. The third kappa shape index (κ3) is 2.46. The molecule has 0 aliphatic carbocycles. The van der Waals surface area contributed by atoms with Gasteiger partial charge in [0.1, 0.15) is 5.69 Å². The normalized spacial score (nSPS) is 10.6. The van der Waals surface area contributed by atoms with Crippen LogP contribution in [0.15, 0.2) is 49.1 Å². The minimum atomic E-state index is -1.02. The molecule has 0 atom stereocenters. The first-order chi connectivity index (χ1) is 10.6. The van der Waals surface area contributed by atoms with E-state index in [9.17, 15) is 9.90 Å². The van der Waals surface area contributed by atoms with Crippen LogP contribution >= 0.6 is 11.6 Å². The number of halogens is 1. The first kappa shape index (κ1) is 14.3. The Labute approximate surface area is 131 Å². The molecule has 0 saturated heterocycles. The van der Waals surface area contributed by atoms with Crippen molar-refractivity contribution >= 4 is 17.6 Å². The molecule has 0 radical (unpaired) electrons. The molecule has 5 nitrogen and oxygen atoms in total. The van der Waals surface area contributed by atoms with Crippen LogP contribution < -0.4 is 0 Å². The van der Waals surface area contributed by atoms with Crippen molar-refractivity contribution in [2.24, 2.45) is 0 Å². The van der Waals surface area contributed by atoms with Gasteiger partial charge in [-0.2, -0.15) is 0 Å². The van der Waals surface area contributed by atoms with Crippen LogP contribution in [-0.2, 0) is 0 Å². The maximum Gasteiger partial charge on any atom is 0.353 e. The lowest BCUT2D eigenvalue weighted by atomic mass is 10.0. The van der Waals surface area contributed by atoms with E-state index in [2.05, 4.69) is 9.97 Å². The molecule has 1 N–H and O–H groups in total. The van der Waals surface area contributed by atoms with Crippen molar-refractivity contribution in [3.63, 3.8) is 0 Å². The number of aromatic nitrogens is 3. The molecular weight excluding hydrogens is 302 g/mol.